The predicted octanol–water partition coefficient (Wildman–Crippen LogP) is 6.89. The van der Waals surface area contributed by atoms with Crippen molar-refractivity contribution < 1.29 is 45.8 Å². The molecule has 1 aromatic heterocycles. The van der Waals surface area contributed by atoms with E-state index >= 15 is 0 Å². The highest BCUT2D eigenvalue weighted by atomic mass is 19.4. The number of ether oxygens (including phenoxy) is 1. The molecule has 8 nitrogen and oxygen atoms in total. The molecule has 0 fully saturated rings. The fourth-order valence-corrected chi connectivity index (χ4v) is 5.29. The number of anilines is 1. The number of halogens is 6. The van der Waals surface area contributed by atoms with E-state index in [-0.39, 0.29) is 43.2 Å². The molecule has 4 aromatic rings. The molecule has 2 heterocycles. The van der Waals surface area contributed by atoms with Crippen LogP contribution in [0.3, 0.4) is 0 Å². The Morgan fingerprint density at radius 2 is 1.63 bits per heavy atom. The van der Waals surface area contributed by atoms with E-state index in [1.807, 2.05) is 18.2 Å². The number of nitrogens with one attached hydrogen (secondary N) is 1. The summed E-state index contributed by atoms with van der Waals surface area (Å²) in [6.45, 7) is 1.35. The SMILES string of the molecule is CC(NC(=O)c1c(C(F)(F)F)nn2c1N(Cc1cccc(C(F)(F)F)c1)CC2COCc1ccccc1)c1ccc(C(=O)O)cc1. The summed E-state index contributed by atoms with van der Waals surface area (Å²) in [6.07, 6.45) is -9.68. The molecule has 14 heteroatoms. The van der Waals surface area contributed by atoms with Gasteiger partial charge in [-0.25, -0.2) is 9.48 Å². The zero-order chi connectivity index (χ0) is 33.2. The van der Waals surface area contributed by atoms with Gasteiger partial charge in [0, 0.05) is 13.1 Å². The summed E-state index contributed by atoms with van der Waals surface area (Å²) in [5.41, 5.74) is -1.74. The molecule has 5 rings (SSSR count). The number of benzene rings is 3. The highest BCUT2D eigenvalue weighted by Gasteiger charge is 2.46. The molecule has 0 radical (unpaired) electrons. The number of carbonyl (C=O) groups is 2. The van der Waals surface area contributed by atoms with Crippen molar-refractivity contribution in [2.75, 3.05) is 18.1 Å². The minimum Gasteiger partial charge on any atom is -0.478 e. The Morgan fingerprint density at radius 3 is 2.26 bits per heavy atom. The molecule has 0 saturated carbocycles. The zero-order valence-electron chi connectivity index (χ0n) is 24.3. The van der Waals surface area contributed by atoms with Crippen LogP contribution in [-0.2, 0) is 30.2 Å². The van der Waals surface area contributed by atoms with Crippen molar-refractivity contribution in [1.82, 2.24) is 15.1 Å². The summed E-state index contributed by atoms with van der Waals surface area (Å²) in [6, 6.07) is 17.3. The Hall–Kier alpha value is -4.85. The van der Waals surface area contributed by atoms with E-state index in [9.17, 15) is 35.9 Å². The van der Waals surface area contributed by atoms with Gasteiger partial charge < -0.3 is 20.1 Å². The molecular formula is C32H28F6N4O4. The lowest BCUT2D eigenvalue weighted by atomic mass is 10.1. The second-order valence-corrected chi connectivity index (χ2v) is 10.8. The van der Waals surface area contributed by atoms with Gasteiger partial charge in [0.25, 0.3) is 5.91 Å². The van der Waals surface area contributed by atoms with Crippen molar-refractivity contribution in [3.05, 3.63) is 118 Å². The third-order valence-electron chi connectivity index (χ3n) is 7.51. The number of alkyl halides is 6. The van der Waals surface area contributed by atoms with Gasteiger partial charge in [-0.3, -0.25) is 4.79 Å². The van der Waals surface area contributed by atoms with Gasteiger partial charge in [0.05, 0.1) is 36.4 Å². The molecule has 2 atom stereocenters. The summed E-state index contributed by atoms with van der Waals surface area (Å²) < 4.78 is 90.4. The van der Waals surface area contributed by atoms with Crippen LogP contribution in [0.1, 0.15) is 67.7 Å². The van der Waals surface area contributed by atoms with Gasteiger partial charge in [-0.1, -0.05) is 54.6 Å². The number of fused-ring (bicyclic) bond motifs is 1. The number of carboxylic acid groups (broad SMARTS) is 1. The Balaban J connectivity index is 1.49. The number of nitrogens with zero attached hydrogens (tertiary/aromatic N) is 3. The summed E-state index contributed by atoms with van der Waals surface area (Å²) in [4.78, 5) is 26.2. The van der Waals surface area contributed by atoms with Crippen LogP contribution in [0, 0.1) is 0 Å². The van der Waals surface area contributed by atoms with Gasteiger partial charge in [-0.15, -0.1) is 0 Å². The van der Waals surface area contributed by atoms with E-state index in [4.69, 9.17) is 9.84 Å². The number of rotatable bonds is 10. The molecular weight excluding hydrogens is 618 g/mol. The number of carbonyl (C=O) groups excluding carboxylic acids is 1. The Kier molecular flexibility index (Phi) is 9.10. The molecule has 0 saturated heterocycles. The largest absolute Gasteiger partial charge is 0.478 e. The maximum atomic E-state index is 14.4. The number of amides is 1. The molecule has 1 aliphatic heterocycles. The number of aromatic carboxylic acids is 1. The minimum atomic E-state index is -5.05. The second kappa shape index (κ2) is 12.9. The molecule has 46 heavy (non-hydrogen) atoms. The monoisotopic (exact) mass is 646 g/mol. The average Bonchev–Trinajstić information content (AvgIpc) is 3.56. The Bertz CT molecular complexity index is 1700. The van der Waals surface area contributed by atoms with E-state index in [0.717, 1.165) is 22.4 Å². The molecule has 0 aliphatic carbocycles. The smallest absolute Gasteiger partial charge is 0.436 e. The Morgan fingerprint density at radius 1 is 0.957 bits per heavy atom. The van der Waals surface area contributed by atoms with Crippen molar-refractivity contribution in [1.29, 1.82) is 0 Å². The first-order chi connectivity index (χ1) is 21.7. The van der Waals surface area contributed by atoms with E-state index in [2.05, 4.69) is 10.4 Å². The number of hydrogen-bond acceptors (Lipinski definition) is 5. The van der Waals surface area contributed by atoms with Crippen LogP contribution in [0.15, 0.2) is 78.9 Å². The summed E-state index contributed by atoms with van der Waals surface area (Å²) >= 11 is 0. The van der Waals surface area contributed by atoms with E-state index in [1.54, 1.807) is 12.1 Å². The molecule has 0 bridgehead atoms. The maximum Gasteiger partial charge on any atom is 0.436 e. The zero-order valence-corrected chi connectivity index (χ0v) is 24.3. The lowest BCUT2D eigenvalue weighted by Crippen LogP contribution is -2.31. The molecule has 1 aliphatic rings. The third kappa shape index (κ3) is 7.17. The van der Waals surface area contributed by atoms with Crippen molar-refractivity contribution in [3.8, 4) is 0 Å². The first kappa shape index (κ1) is 32.5. The summed E-state index contributed by atoms with van der Waals surface area (Å²) in [7, 11) is 0. The summed E-state index contributed by atoms with van der Waals surface area (Å²) in [5.74, 6) is -2.48. The Labute approximate surface area is 259 Å². The highest BCUT2D eigenvalue weighted by Crippen LogP contribution is 2.42. The number of carboxylic acids is 1. The standard InChI is InChI=1S/C32H28F6N4O4/c1-19(22-10-12-23(13-11-22)30(44)45)39-28(43)26-27(32(36,37)38)40-42-25(18-46-17-20-6-3-2-4-7-20)16-41(29(26)42)15-21-8-5-9-24(14-21)31(33,34)35/h2-14,19,25H,15-18H2,1H3,(H,39,43)(H,44,45). The summed E-state index contributed by atoms with van der Waals surface area (Å²) in [5, 5.41) is 15.5. The first-order valence-corrected chi connectivity index (χ1v) is 14.1. The molecule has 1 amide bonds. The van der Waals surface area contributed by atoms with Crippen LogP contribution in [-0.4, -0.2) is 39.9 Å². The highest BCUT2D eigenvalue weighted by molar-refractivity contribution is 6.01. The van der Waals surface area contributed by atoms with Crippen LogP contribution in [0.25, 0.3) is 0 Å². The van der Waals surface area contributed by atoms with Gasteiger partial charge in [-0.05, 0) is 47.9 Å². The molecule has 2 unspecified atom stereocenters. The fourth-order valence-electron chi connectivity index (χ4n) is 5.29. The lowest BCUT2D eigenvalue weighted by molar-refractivity contribution is -0.142. The quantitative estimate of drug-likeness (QED) is 0.182. The molecule has 0 spiro atoms. The average molecular weight is 647 g/mol. The van der Waals surface area contributed by atoms with Crippen LogP contribution in [0.4, 0.5) is 32.2 Å². The molecule has 242 valence electrons. The first-order valence-electron chi connectivity index (χ1n) is 14.1. The number of hydrogen-bond donors (Lipinski definition) is 2. The molecule has 3 aromatic carbocycles. The normalized spacial score (nSPS) is 15.5. The fraction of sp³-hybridized carbons (Fsp3) is 0.281. The minimum absolute atomic E-state index is 0.0119. The van der Waals surface area contributed by atoms with Crippen LogP contribution >= 0.6 is 0 Å². The van der Waals surface area contributed by atoms with Crippen molar-refractivity contribution in [3.63, 3.8) is 0 Å². The van der Waals surface area contributed by atoms with Crippen molar-refractivity contribution in [2.24, 2.45) is 0 Å². The number of aromatic nitrogens is 2. The lowest BCUT2D eigenvalue weighted by Gasteiger charge is -2.22. The topological polar surface area (TPSA) is 96.7 Å². The van der Waals surface area contributed by atoms with Gasteiger partial charge in [-0.2, -0.15) is 31.4 Å². The van der Waals surface area contributed by atoms with E-state index in [1.165, 1.54) is 48.2 Å². The van der Waals surface area contributed by atoms with Crippen molar-refractivity contribution >= 4 is 17.7 Å². The van der Waals surface area contributed by atoms with Crippen LogP contribution < -0.4 is 10.2 Å². The van der Waals surface area contributed by atoms with Crippen LogP contribution in [0.5, 0.6) is 0 Å². The van der Waals surface area contributed by atoms with Crippen LogP contribution in [0.2, 0.25) is 0 Å². The predicted molar refractivity (Wildman–Crippen MR) is 154 cm³/mol. The maximum absolute atomic E-state index is 14.4. The van der Waals surface area contributed by atoms with E-state index in [0.29, 0.717) is 5.56 Å². The van der Waals surface area contributed by atoms with Gasteiger partial charge in [0.15, 0.2) is 5.69 Å². The van der Waals surface area contributed by atoms with Gasteiger partial charge >= 0.3 is 18.3 Å². The van der Waals surface area contributed by atoms with Gasteiger partial charge in [0.2, 0.25) is 0 Å². The van der Waals surface area contributed by atoms with E-state index < -0.39 is 53.1 Å². The van der Waals surface area contributed by atoms with Gasteiger partial charge in [0.1, 0.15) is 11.4 Å². The van der Waals surface area contributed by atoms with Crippen molar-refractivity contribution in [2.45, 2.75) is 44.5 Å². The second-order valence-electron chi connectivity index (χ2n) is 10.8. The third-order valence-corrected chi connectivity index (χ3v) is 7.51. The molecule has 2 N–H and O–H groups in total.